The zero-order valence-electron chi connectivity index (χ0n) is 15.0. The lowest BCUT2D eigenvalue weighted by Gasteiger charge is -2.32. The van der Waals surface area contributed by atoms with Crippen LogP contribution in [0.25, 0.3) is 0 Å². The second-order valence-electron chi connectivity index (χ2n) is 6.71. The maximum atomic E-state index is 12.2. The molecular weight excluding hydrogens is 298 g/mol. The minimum Gasteiger partial charge on any atom is -0.403 e. The van der Waals surface area contributed by atoms with Crippen LogP contribution in [-0.2, 0) is 18.4 Å². The maximum Gasteiger partial charge on any atom is 0.461 e. The summed E-state index contributed by atoms with van der Waals surface area (Å²) in [7, 11) is -2.88. The molecule has 0 aliphatic carbocycles. The Bertz CT molecular complexity index is 467. The van der Waals surface area contributed by atoms with Crippen LogP contribution in [0.3, 0.4) is 0 Å². The summed E-state index contributed by atoms with van der Waals surface area (Å²) in [6.45, 7) is 14.2. The summed E-state index contributed by atoms with van der Waals surface area (Å²) in [5.74, 6) is 1.75. The van der Waals surface area contributed by atoms with Gasteiger partial charge in [0.1, 0.15) is 0 Å². The Hall–Kier alpha value is -0.345. The van der Waals surface area contributed by atoms with Crippen LogP contribution in [0.5, 0.6) is 0 Å². The largest absolute Gasteiger partial charge is 0.461 e. The van der Waals surface area contributed by atoms with E-state index in [1.807, 2.05) is 53.7 Å². The number of rotatable bonds is 7. The van der Waals surface area contributed by atoms with Gasteiger partial charge in [0.25, 0.3) is 0 Å². The van der Waals surface area contributed by atoms with E-state index in [1.165, 1.54) is 0 Å². The van der Waals surface area contributed by atoms with E-state index in [0.29, 0.717) is 12.9 Å². The van der Waals surface area contributed by atoms with E-state index < -0.39 is 7.37 Å². The zero-order chi connectivity index (χ0) is 17.0. The third kappa shape index (κ3) is 5.38. The highest BCUT2D eigenvalue weighted by atomic mass is 31.2. The van der Waals surface area contributed by atoms with Gasteiger partial charge in [-0.25, -0.2) is 0 Å². The monoisotopic (exact) mass is 328 g/mol. The number of hydrogen-bond acceptors (Lipinski definition) is 4. The van der Waals surface area contributed by atoms with Crippen LogP contribution in [0.1, 0.15) is 48.0 Å². The van der Waals surface area contributed by atoms with Crippen LogP contribution < -0.4 is 0 Å². The van der Waals surface area contributed by atoms with E-state index >= 15 is 0 Å². The summed E-state index contributed by atoms with van der Waals surface area (Å²) in [5, 5.41) is 0. The molecule has 0 bridgehead atoms. The van der Waals surface area contributed by atoms with Crippen LogP contribution >= 0.6 is 7.37 Å². The number of allylic oxidation sites excluding steroid dienone is 3. The summed E-state index contributed by atoms with van der Waals surface area (Å²) < 4.78 is 29.4. The molecule has 22 heavy (non-hydrogen) atoms. The first-order valence-electron chi connectivity index (χ1n) is 7.98. The van der Waals surface area contributed by atoms with Crippen molar-refractivity contribution in [3.8, 4) is 0 Å². The van der Waals surface area contributed by atoms with E-state index in [1.54, 1.807) is 12.5 Å². The summed E-state index contributed by atoms with van der Waals surface area (Å²) in [6.07, 6.45) is 5.49. The molecule has 1 aliphatic heterocycles. The Morgan fingerprint density at radius 1 is 1.18 bits per heavy atom. The van der Waals surface area contributed by atoms with Crippen molar-refractivity contribution in [2.45, 2.75) is 65.5 Å². The average Bonchev–Trinajstić information content (AvgIpc) is 2.56. The quantitative estimate of drug-likeness (QED) is 0.380. The van der Waals surface area contributed by atoms with Crippen LogP contribution in [0.15, 0.2) is 23.5 Å². The number of hydrogen-bond donors (Lipinski definition) is 0. The molecule has 1 rings (SSSR count). The zero-order valence-corrected chi connectivity index (χ0v) is 15.9. The predicted octanol–water partition coefficient (Wildman–Crippen LogP) is 4.87. The highest BCUT2D eigenvalue weighted by molar-refractivity contribution is 7.61. The van der Waals surface area contributed by atoms with E-state index in [4.69, 9.17) is 13.8 Å². The first-order chi connectivity index (χ1) is 10.0. The van der Waals surface area contributed by atoms with E-state index in [0.717, 1.165) is 12.0 Å². The van der Waals surface area contributed by atoms with Gasteiger partial charge in [-0.2, -0.15) is 0 Å². The van der Waals surface area contributed by atoms with Crippen molar-refractivity contribution in [1.29, 1.82) is 0 Å². The predicted molar refractivity (Wildman–Crippen MR) is 93.6 cm³/mol. The average molecular weight is 328 g/mol. The van der Waals surface area contributed by atoms with Gasteiger partial charge in [-0.3, -0.25) is 4.57 Å². The smallest absolute Gasteiger partial charge is 0.403 e. The minimum absolute atomic E-state index is 0.236. The van der Waals surface area contributed by atoms with Gasteiger partial charge in [-0.1, -0.05) is 19.1 Å². The molecule has 1 heterocycles. The Morgan fingerprint density at radius 3 is 2.18 bits per heavy atom. The molecule has 6 heteroatoms. The van der Waals surface area contributed by atoms with Crippen LogP contribution in [-0.4, -0.2) is 31.6 Å². The van der Waals surface area contributed by atoms with Crippen molar-refractivity contribution in [1.82, 2.24) is 0 Å². The molecule has 0 aromatic carbocycles. The van der Waals surface area contributed by atoms with E-state index in [2.05, 4.69) is 0 Å². The Morgan fingerprint density at radius 2 is 1.73 bits per heavy atom. The highest BCUT2D eigenvalue weighted by Gasteiger charge is 2.50. The summed E-state index contributed by atoms with van der Waals surface area (Å²) in [4.78, 5) is 0. The highest BCUT2D eigenvalue weighted by Crippen LogP contribution is 2.45. The second kappa shape index (κ2) is 7.48. The van der Waals surface area contributed by atoms with Gasteiger partial charge < -0.3 is 13.8 Å². The first-order valence-corrected chi connectivity index (χ1v) is 10.1. The van der Waals surface area contributed by atoms with E-state index in [9.17, 15) is 4.57 Å². The molecule has 1 saturated heterocycles. The molecule has 1 aliphatic rings. The minimum atomic E-state index is -2.65. The van der Waals surface area contributed by atoms with Crippen molar-refractivity contribution in [3.63, 3.8) is 0 Å². The molecule has 1 unspecified atom stereocenters. The molecule has 0 spiro atoms. The molecule has 0 aromatic heterocycles. The van der Waals surface area contributed by atoms with E-state index in [-0.39, 0.29) is 18.3 Å². The van der Waals surface area contributed by atoms with Crippen molar-refractivity contribution in [2.75, 3.05) is 13.3 Å². The first kappa shape index (κ1) is 19.7. The van der Waals surface area contributed by atoms with Gasteiger partial charge >= 0.3 is 7.12 Å². The molecule has 4 nitrogen and oxygen atoms in total. The topological polar surface area (TPSA) is 44.8 Å². The van der Waals surface area contributed by atoms with Gasteiger partial charge in [0.2, 0.25) is 7.37 Å². The fraction of sp³-hybridized carbons (Fsp3) is 0.750. The second-order valence-corrected chi connectivity index (χ2v) is 9.04. The van der Waals surface area contributed by atoms with Gasteiger partial charge in [0.05, 0.1) is 17.8 Å². The third-order valence-electron chi connectivity index (χ3n) is 4.16. The molecule has 1 atom stereocenters. The van der Waals surface area contributed by atoms with Gasteiger partial charge in [-0.15, -0.1) is 0 Å². The van der Waals surface area contributed by atoms with Crippen LogP contribution in [0.2, 0.25) is 6.32 Å². The molecule has 0 radical (unpaired) electrons. The summed E-state index contributed by atoms with van der Waals surface area (Å²) in [5.41, 5.74) is 0.405. The molecule has 0 saturated carbocycles. The lowest BCUT2D eigenvalue weighted by Crippen LogP contribution is -2.41. The normalized spacial score (nSPS) is 24.0. The lowest BCUT2D eigenvalue weighted by atomic mass is 9.84. The van der Waals surface area contributed by atoms with Gasteiger partial charge in [-0.05, 0) is 46.6 Å². The summed E-state index contributed by atoms with van der Waals surface area (Å²) >= 11 is 0. The molecule has 0 amide bonds. The SMILES string of the molecule is CCOP(C)(=O)/C=C(/C=C\CB1OC(C)(C)C(C)(C)O1)CC. The Balaban J connectivity index is 2.65. The van der Waals surface area contributed by atoms with Crippen molar-refractivity contribution >= 4 is 14.5 Å². The van der Waals surface area contributed by atoms with Crippen molar-refractivity contribution < 1.29 is 18.4 Å². The third-order valence-corrected chi connectivity index (χ3v) is 5.73. The molecular formula is C16H30BO4P. The molecule has 0 aromatic rings. The van der Waals surface area contributed by atoms with Crippen LogP contribution in [0.4, 0.5) is 0 Å². The molecule has 0 N–H and O–H groups in total. The standard InChI is InChI=1S/C16H30BO4P/c1-8-14(13-22(7,18)19-9-2)11-10-12-17-20-15(3,4)16(5,6)21-17/h10-11,13H,8-9,12H2,1-7H3/b11-10-,14-13+. The fourth-order valence-electron chi connectivity index (χ4n) is 2.24. The van der Waals surface area contributed by atoms with Crippen LogP contribution in [0, 0.1) is 0 Å². The lowest BCUT2D eigenvalue weighted by molar-refractivity contribution is 0.00578. The van der Waals surface area contributed by atoms with Gasteiger partial charge in [0, 0.05) is 18.8 Å². The Labute approximate surface area is 135 Å². The van der Waals surface area contributed by atoms with Crippen molar-refractivity contribution in [3.05, 3.63) is 23.5 Å². The molecule has 126 valence electrons. The fourth-order valence-corrected chi connectivity index (χ4v) is 3.70. The molecule has 1 fully saturated rings. The summed E-state index contributed by atoms with van der Waals surface area (Å²) in [6, 6.07) is 0. The Kier molecular flexibility index (Phi) is 6.70. The maximum absolute atomic E-state index is 12.2. The van der Waals surface area contributed by atoms with Gasteiger partial charge in [0.15, 0.2) is 0 Å². The van der Waals surface area contributed by atoms with Crippen molar-refractivity contribution in [2.24, 2.45) is 0 Å².